The zero-order valence-electron chi connectivity index (χ0n) is 13.9. The summed E-state index contributed by atoms with van der Waals surface area (Å²) in [6.45, 7) is 1.50. The van der Waals surface area contributed by atoms with Gasteiger partial charge in [0.1, 0.15) is 0 Å². The molecule has 0 aromatic heterocycles. The Hall–Kier alpha value is -2.57. The zero-order valence-corrected chi connectivity index (χ0v) is 13.9. The Balaban J connectivity index is 1.42. The van der Waals surface area contributed by atoms with Gasteiger partial charge in [0.25, 0.3) is 0 Å². The molecule has 132 valence electrons. The second-order valence-corrected chi connectivity index (χ2v) is 7.52. The number of carboxylic acids is 1. The number of benzene rings is 1. The molecule has 1 saturated heterocycles. The monoisotopic (exact) mass is 343 g/mol. The average Bonchev–Trinajstić information content (AvgIpc) is 3.00. The van der Waals surface area contributed by atoms with Crippen molar-refractivity contribution in [3.05, 3.63) is 24.3 Å². The first kappa shape index (κ1) is 15.9. The molecule has 2 bridgehead atoms. The Bertz CT molecular complexity index is 735. The van der Waals surface area contributed by atoms with Gasteiger partial charge in [-0.2, -0.15) is 0 Å². The smallest absolute Gasteiger partial charge is 0.321 e. The van der Waals surface area contributed by atoms with Gasteiger partial charge in [0.05, 0.1) is 22.2 Å². The zero-order chi connectivity index (χ0) is 17.7. The lowest BCUT2D eigenvalue weighted by atomic mass is 9.35. The van der Waals surface area contributed by atoms with Crippen molar-refractivity contribution in [1.29, 1.82) is 0 Å². The summed E-state index contributed by atoms with van der Waals surface area (Å²) in [5.41, 5.74) is -0.118. The van der Waals surface area contributed by atoms with Crippen LogP contribution in [0, 0.1) is 10.8 Å². The van der Waals surface area contributed by atoms with Gasteiger partial charge in [0, 0.05) is 13.1 Å². The minimum absolute atomic E-state index is 0.154. The molecule has 4 aliphatic rings. The molecule has 3 aliphatic carbocycles. The molecular formula is C18H21N3O4. The summed E-state index contributed by atoms with van der Waals surface area (Å²) in [7, 11) is 0. The number of carbonyl (C=O) groups is 3. The van der Waals surface area contributed by atoms with Crippen molar-refractivity contribution in [2.75, 3.05) is 23.7 Å². The molecule has 3 amide bonds. The van der Waals surface area contributed by atoms with Crippen molar-refractivity contribution in [2.45, 2.75) is 32.1 Å². The van der Waals surface area contributed by atoms with Gasteiger partial charge >= 0.3 is 12.0 Å². The van der Waals surface area contributed by atoms with Gasteiger partial charge in [0.2, 0.25) is 5.91 Å². The van der Waals surface area contributed by atoms with Crippen LogP contribution >= 0.6 is 0 Å². The van der Waals surface area contributed by atoms with Crippen LogP contribution in [0.3, 0.4) is 0 Å². The summed E-state index contributed by atoms with van der Waals surface area (Å²) in [5.74, 6) is -0.959. The summed E-state index contributed by atoms with van der Waals surface area (Å²) >= 11 is 0. The lowest BCUT2D eigenvalue weighted by molar-refractivity contribution is -0.217. The molecule has 3 N–H and O–H groups in total. The molecule has 3 saturated carbocycles. The Morgan fingerprint density at radius 3 is 2.04 bits per heavy atom. The largest absolute Gasteiger partial charge is 0.481 e. The Morgan fingerprint density at radius 2 is 1.48 bits per heavy atom. The summed E-state index contributed by atoms with van der Waals surface area (Å²) in [4.78, 5) is 37.8. The topological polar surface area (TPSA) is 98.7 Å². The van der Waals surface area contributed by atoms with Crippen molar-refractivity contribution >= 4 is 29.3 Å². The fraction of sp³-hybridized carbons (Fsp3) is 0.500. The van der Waals surface area contributed by atoms with Gasteiger partial charge in [-0.25, -0.2) is 4.79 Å². The van der Waals surface area contributed by atoms with Crippen molar-refractivity contribution in [2.24, 2.45) is 10.8 Å². The van der Waals surface area contributed by atoms with E-state index in [4.69, 9.17) is 0 Å². The van der Waals surface area contributed by atoms with E-state index in [1.54, 1.807) is 29.2 Å². The lowest BCUT2D eigenvalue weighted by Gasteiger charge is -2.66. The van der Waals surface area contributed by atoms with E-state index < -0.39 is 16.8 Å². The van der Waals surface area contributed by atoms with Gasteiger partial charge in [-0.3, -0.25) is 9.59 Å². The molecule has 0 spiro atoms. The molecule has 7 heteroatoms. The number of carbonyl (C=O) groups excluding carboxylic acids is 2. The highest BCUT2D eigenvalue weighted by molar-refractivity contribution is 6.04. The Kier molecular flexibility index (Phi) is 3.49. The van der Waals surface area contributed by atoms with Crippen molar-refractivity contribution < 1.29 is 19.5 Å². The number of likely N-dealkylation sites (tertiary alicyclic amines) is 1. The molecule has 5 rings (SSSR count). The fourth-order valence-corrected chi connectivity index (χ4v) is 4.33. The van der Waals surface area contributed by atoms with Crippen LogP contribution in [-0.2, 0) is 9.59 Å². The van der Waals surface area contributed by atoms with Crippen LogP contribution in [0.1, 0.15) is 32.1 Å². The number of urea groups is 1. The summed E-state index contributed by atoms with van der Waals surface area (Å²) in [5, 5.41) is 14.9. The SMILES string of the molecule is O=C(Nc1ccccc1NC(=O)C12CC(C(=O)O)(C1)C2)N1CCCC1. The van der Waals surface area contributed by atoms with Crippen LogP contribution in [0.25, 0.3) is 0 Å². The second kappa shape index (κ2) is 5.47. The minimum atomic E-state index is -0.805. The van der Waals surface area contributed by atoms with Crippen LogP contribution in [0.5, 0.6) is 0 Å². The van der Waals surface area contributed by atoms with Crippen LogP contribution < -0.4 is 10.6 Å². The molecule has 0 unspecified atom stereocenters. The summed E-state index contributed by atoms with van der Waals surface area (Å²) in [6.07, 6.45) is 3.25. The van der Waals surface area contributed by atoms with Crippen LogP contribution in [0.15, 0.2) is 24.3 Å². The maximum Gasteiger partial charge on any atom is 0.321 e. The predicted molar refractivity (Wildman–Crippen MR) is 91.3 cm³/mol. The molecule has 0 atom stereocenters. The predicted octanol–water partition coefficient (Wildman–Crippen LogP) is 2.51. The van der Waals surface area contributed by atoms with E-state index in [0.29, 0.717) is 30.6 Å². The summed E-state index contributed by atoms with van der Waals surface area (Å²) in [6, 6.07) is 6.94. The third-order valence-electron chi connectivity index (χ3n) is 5.78. The van der Waals surface area contributed by atoms with Crippen LogP contribution in [0.2, 0.25) is 0 Å². The van der Waals surface area contributed by atoms with E-state index in [1.807, 2.05) is 0 Å². The number of amides is 3. The van der Waals surface area contributed by atoms with Gasteiger partial charge < -0.3 is 20.6 Å². The first-order valence-electron chi connectivity index (χ1n) is 8.64. The lowest BCUT2D eigenvalue weighted by Crippen LogP contribution is -2.69. The molecule has 1 aromatic rings. The maximum absolute atomic E-state index is 12.6. The second-order valence-electron chi connectivity index (χ2n) is 7.52. The third kappa shape index (κ3) is 2.45. The van der Waals surface area contributed by atoms with E-state index in [2.05, 4.69) is 10.6 Å². The molecular weight excluding hydrogens is 322 g/mol. The number of rotatable bonds is 4. The Labute approximate surface area is 145 Å². The highest BCUT2D eigenvalue weighted by Crippen LogP contribution is 2.73. The quantitative estimate of drug-likeness (QED) is 0.782. The first-order valence-corrected chi connectivity index (χ1v) is 8.64. The van der Waals surface area contributed by atoms with Crippen molar-refractivity contribution in [1.82, 2.24) is 4.90 Å². The van der Waals surface area contributed by atoms with Crippen molar-refractivity contribution in [3.63, 3.8) is 0 Å². The molecule has 7 nitrogen and oxygen atoms in total. The average molecular weight is 343 g/mol. The van der Waals surface area contributed by atoms with Gasteiger partial charge in [-0.05, 0) is 44.2 Å². The third-order valence-corrected chi connectivity index (χ3v) is 5.78. The normalized spacial score (nSPS) is 29.4. The number of anilines is 2. The molecule has 1 aromatic carbocycles. The highest BCUT2D eigenvalue weighted by Gasteiger charge is 2.75. The number of nitrogens with zero attached hydrogens (tertiary/aromatic N) is 1. The number of hydrogen-bond acceptors (Lipinski definition) is 3. The number of hydrogen-bond donors (Lipinski definition) is 3. The molecule has 4 fully saturated rings. The minimum Gasteiger partial charge on any atom is -0.481 e. The number of nitrogens with one attached hydrogen (secondary N) is 2. The first-order chi connectivity index (χ1) is 11.9. The van der Waals surface area contributed by atoms with Gasteiger partial charge in [0.15, 0.2) is 0 Å². The molecule has 1 heterocycles. The number of para-hydroxylation sites is 2. The van der Waals surface area contributed by atoms with Crippen molar-refractivity contribution in [3.8, 4) is 0 Å². The molecule has 0 radical (unpaired) electrons. The van der Waals surface area contributed by atoms with Gasteiger partial charge in [-0.15, -0.1) is 0 Å². The van der Waals surface area contributed by atoms with Gasteiger partial charge in [-0.1, -0.05) is 12.1 Å². The fourth-order valence-electron chi connectivity index (χ4n) is 4.33. The highest BCUT2D eigenvalue weighted by atomic mass is 16.4. The van der Waals surface area contributed by atoms with E-state index in [0.717, 1.165) is 25.9 Å². The summed E-state index contributed by atoms with van der Waals surface area (Å²) < 4.78 is 0. The van der Waals surface area contributed by atoms with Crippen LogP contribution in [-0.4, -0.2) is 41.0 Å². The van der Waals surface area contributed by atoms with E-state index in [-0.39, 0.29) is 11.9 Å². The van der Waals surface area contributed by atoms with E-state index >= 15 is 0 Å². The van der Waals surface area contributed by atoms with Crippen LogP contribution in [0.4, 0.5) is 16.2 Å². The maximum atomic E-state index is 12.6. The standard InChI is InChI=1S/C18H21N3O4/c22-14(17-9-18(10-17,11-17)15(23)24)19-12-5-1-2-6-13(12)20-16(25)21-7-3-4-8-21/h1-2,5-6H,3-4,7-11H2,(H,19,22)(H,20,25)(H,23,24). The number of carboxylic acid groups (broad SMARTS) is 1. The van der Waals surface area contributed by atoms with E-state index in [9.17, 15) is 19.5 Å². The molecule has 1 aliphatic heterocycles. The van der Waals surface area contributed by atoms with E-state index in [1.165, 1.54) is 0 Å². The Morgan fingerprint density at radius 1 is 0.920 bits per heavy atom. The molecule has 25 heavy (non-hydrogen) atoms. The number of aliphatic carboxylic acids is 1.